The number of carbonyl (C=O) groups excluding carboxylic acids is 2. The van der Waals surface area contributed by atoms with Crippen molar-refractivity contribution in [2.75, 3.05) is 5.06 Å². The maximum atomic E-state index is 12.0. The van der Waals surface area contributed by atoms with Crippen LogP contribution in [0.25, 0.3) is 0 Å². The van der Waals surface area contributed by atoms with Gasteiger partial charge in [0.25, 0.3) is 0 Å². The fourth-order valence-corrected chi connectivity index (χ4v) is 1.06. The summed E-state index contributed by atoms with van der Waals surface area (Å²) in [6.07, 6.45) is -5.24. The minimum atomic E-state index is -5.24. The maximum Gasteiger partial charge on any atom is 0.493 e. The smallest absolute Gasteiger partial charge is 0.349 e. The average molecular weight is 283 g/mol. The minimum Gasteiger partial charge on any atom is -0.349 e. The Labute approximate surface area is 104 Å². The van der Waals surface area contributed by atoms with Crippen molar-refractivity contribution in [1.82, 2.24) is 0 Å². The molecule has 1 aromatic carbocycles. The highest BCUT2D eigenvalue weighted by Crippen LogP contribution is 2.22. The normalized spacial score (nSPS) is 10.9. The van der Waals surface area contributed by atoms with E-state index in [-0.39, 0.29) is 15.8 Å². The van der Waals surface area contributed by atoms with Gasteiger partial charge in [0.05, 0.1) is 5.69 Å². The van der Waals surface area contributed by atoms with E-state index >= 15 is 0 Å². The third kappa shape index (κ3) is 3.52. The lowest BCUT2D eigenvalue weighted by Crippen LogP contribution is -2.41. The Morgan fingerprint density at radius 3 is 2.11 bits per heavy atom. The summed E-state index contributed by atoms with van der Waals surface area (Å²) in [6, 6.07) is 3.52. The van der Waals surface area contributed by atoms with Gasteiger partial charge in [-0.2, -0.15) is 13.2 Å². The molecule has 0 aliphatic carbocycles. The molecular formula is C9H6ClF3N2O3. The van der Waals surface area contributed by atoms with Gasteiger partial charge >= 0.3 is 18.2 Å². The number of hydrogen-bond donors (Lipinski definition) is 1. The molecule has 0 spiro atoms. The topological polar surface area (TPSA) is 72.6 Å². The molecule has 0 saturated heterocycles. The Balaban J connectivity index is 2.94. The van der Waals surface area contributed by atoms with E-state index in [0.29, 0.717) is 0 Å². The van der Waals surface area contributed by atoms with Gasteiger partial charge < -0.3 is 10.6 Å². The molecule has 98 valence electrons. The van der Waals surface area contributed by atoms with Crippen molar-refractivity contribution in [2.45, 2.75) is 6.18 Å². The molecule has 18 heavy (non-hydrogen) atoms. The lowest BCUT2D eigenvalue weighted by atomic mass is 10.3. The van der Waals surface area contributed by atoms with Crippen molar-refractivity contribution in [3.05, 3.63) is 29.3 Å². The van der Waals surface area contributed by atoms with Crippen LogP contribution in [0.5, 0.6) is 0 Å². The summed E-state index contributed by atoms with van der Waals surface area (Å²) in [7, 11) is 0. The fraction of sp³-hybridized carbons (Fsp3) is 0.111. The second-order valence-electron chi connectivity index (χ2n) is 2.99. The quantitative estimate of drug-likeness (QED) is 0.803. The van der Waals surface area contributed by atoms with E-state index in [0.717, 1.165) is 12.1 Å². The first-order chi connectivity index (χ1) is 8.21. The van der Waals surface area contributed by atoms with Crippen LogP contribution in [0.4, 0.5) is 23.7 Å². The summed E-state index contributed by atoms with van der Waals surface area (Å²) >= 11 is 5.55. The number of primary amides is 1. The van der Waals surface area contributed by atoms with Gasteiger partial charge in [-0.05, 0) is 24.3 Å². The molecule has 0 aromatic heterocycles. The number of anilines is 1. The highest BCUT2D eigenvalue weighted by Gasteiger charge is 2.43. The third-order valence-electron chi connectivity index (χ3n) is 1.67. The molecule has 0 aliphatic heterocycles. The number of amides is 2. The SMILES string of the molecule is NC(=O)N(OC(=O)C(F)(F)F)c1ccc(Cl)cc1. The van der Waals surface area contributed by atoms with Crippen LogP contribution in [-0.4, -0.2) is 18.2 Å². The fourth-order valence-electron chi connectivity index (χ4n) is 0.936. The van der Waals surface area contributed by atoms with Gasteiger partial charge in [0.2, 0.25) is 0 Å². The maximum absolute atomic E-state index is 12.0. The van der Waals surface area contributed by atoms with Crippen molar-refractivity contribution < 1.29 is 27.6 Å². The van der Waals surface area contributed by atoms with Gasteiger partial charge in [0.1, 0.15) is 0 Å². The summed E-state index contributed by atoms with van der Waals surface area (Å²) in [4.78, 5) is 25.4. The number of alkyl halides is 3. The predicted molar refractivity (Wildman–Crippen MR) is 55.7 cm³/mol. The average Bonchev–Trinajstić information content (AvgIpc) is 2.25. The molecule has 0 saturated carbocycles. The van der Waals surface area contributed by atoms with Crippen LogP contribution < -0.4 is 10.8 Å². The van der Waals surface area contributed by atoms with Gasteiger partial charge in [0, 0.05) is 5.02 Å². The van der Waals surface area contributed by atoms with Crippen LogP contribution in [-0.2, 0) is 9.63 Å². The largest absolute Gasteiger partial charge is 0.493 e. The van der Waals surface area contributed by atoms with Crippen LogP contribution in [0.15, 0.2) is 24.3 Å². The standard InChI is InChI=1S/C9H6ClF3N2O3/c10-5-1-3-6(4-2-5)15(8(14)17)18-7(16)9(11,12)13/h1-4H,(H2,14,17). The molecule has 0 aliphatic rings. The van der Waals surface area contributed by atoms with E-state index < -0.39 is 18.2 Å². The van der Waals surface area contributed by atoms with E-state index in [2.05, 4.69) is 4.84 Å². The second kappa shape index (κ2) is 5.13. The van der Waals surface area contributed by atoms with Gasteiger partial charge in [-0.25, -0.2) is 9.59 Å². The molecule has 0 fully saturated rings. The third-order valence-corrected chi connectivity index (χ3v) is 1.92. The summed E-state index contributed by atoms with van der Waals surface area (Å²) < 4.78 is 35.9. The van der Waals surface area contributed by atoms with Gasteiger partial charge in [-0.1, -0.05) is 11.6 Å². The predicted octanol–water partition coefficient (Wildman–Crippen LogP) is 2.25. The van der Waals surface area contributed by atoms with Crippen LogP contribution in [0.3, 0.4) is 0 Å². The summed E-state index contributed by atoms with van der Waals surface area (Å²) in [5.41, 5.74) is 4.65. The zero-order chi connectivity index (χ0) is 13.9. The Bertz CT molecular complexity index is 461. The number of halogens is 4. The molecule has 0 atom stereocenters. The summed E-state index contributed by atoms with van der Waals surface area (Å²) in [6.45, 7) is 0. The van der Waals surface area contributed by atoms with E-state index in [1.54, 1.807) is 0 Å². The Morgan fingerprint density at radius 1 is 1.22 bits per heavy atom. The summed E-state index contributed by atoms with van der Waals surface area (Å²) in [5, 5.41) is 0.303. The van der Waals surface area contributed by atoms with Crippen LogP contribution in [0, 0.1) is 0 Å². The highest BCUT2D eigenvalue weighted by molar-refractivity contribution is 6.30. The Hall–Kier alpha value is -1.96. The van der Waals surface area contributed by atoms with Crippen LogP contribution >= 0.6 is 11.6 Å². The first-order valence-electron chi connectivity index (χ1n) is 4.36. The molecule has 0 unspecified atom stereocenters. The van der Waals surface area contributed by atoms with E-state index in [9.17, 15) is 22.8 Å². The van der Waals surface area contributed by atoms with E-state index in [1.165, 1.54) is 12.1 Å². The van der Waals surface area contributed by atoms with Crippen molar-refractivity contribution in [1.29, 1.82) is 0 Å². The molecule has 2 amide bonds. The zero-order valence-corrected chi connectivity index (χ0v) is 9.33. The molecular weight excluding hydrogens is 277 g/mol. The van der Waals surface area contributed by atoms with Crippen molar-refractivity contribution in [3.8, 4) is 0 Å². The van der Waals surface area contributed by atoms with E-state index in [1.807, 2.05) is 0 Å². The molecule has 5 nitrogen and oxygen atoms in total. The highest BCUT2D eigenvalue weighted by atomic mass is 35.5. The number of nitrogens with zero attached hydrogens (tertiary/aromatic N) is 1. The number of carbonyl (C=O) groups is 2. The molecule has 0 radical (unpaired) electrons. The van der Waals surface area contributed by atoms with Crippen molar-refractivity contribution in [2.24, 2.45) is 5.73 Å². The number of rotatable bonds is 1. The molecule has 1 aromatic rings. The lowest BCUT2D eigenvalue weighted by molar-refractivity contribution is -0.199. The van der Waals surface area contributed by atoms with Crippen molar-refractivity contribution >= 4 is 29.3 Å². The van der Waals surface area contributed by atoms with Crippen molar-refractivity contribution in [3.63, 3.8) is 0 Å². The Morgan fingerprint density at radius 2 is 1.72 bits per heavy atom. The van der Waals surface area contributed by atoms with E-state index in [4.69, 9.17) is 17.3 Å². The number of nitrogens with two attached hydrogens (primary N) is 1. The number of hydrogen-bond acceptors (Lipinski definition) is 3. The molecule has 9 heteroatoms. The van der Waals surface area contributed by atoms with Gasteiger partial charge in [-0.15, -0.1) is 5.06 Å². The van der Waals surface area contributed by atoms with Crippen LogP contribution in [0.2, 0.25) is 5.02 Å². The monoisotopic (exact) mass is 282 g/mol. The second-order valence-corrected chi connectivity index (χ2v) is 3.42. The van der Waals surface area contributed by atoms with Crippen LogP contribution in [0.1, 0.15) is 0 Å². The lowest BCUT2D eigenvalue weighted by Gasteiger charge is -2.19. The first kappa shape index (κ1) is 14.1. The molecule has 1 rings (SSSR count). The molecule has 2 N–H and O–H groups in total. The van der Waals surface area contributed by atoms with Gasteiger partial charge in [0.15, 0.2) is 0 Å². The molecule has 0 bridgehead atoms. The summed E-state index contributed by atoms with van der Waals surface area (Å²) in [5.74, 6) is -2.56. The first-order valence-corrected chi connectivity index (χ1v) is 4.74. The number of urea groups is 1. The molecule has 0 heterocycles. The zero-order valence-electron chi connectivity index (χ0n) is 8.57. The van der Waals surface area contributed by atoms with Gasteiger partial charge in [-0.3, -0.25) is 0 Å². The minimum absolute atomic E-state index is 0.0200. The Kier molecular flexibility index (Phi) is 4.02. The number of hydroxylamine groups is 1. The number of benzene rings is 1.